The number of likely N-dealkylation sites (tertiary alicyclic amines) is 1. The van der Waals surface area contributed by atoms with Gasteiger partial charge >= 0.3 is 11.8 Å². The molecule has 0 bridgehead atoms. The monoisotopic (exact) mass is 285 g/mol. The Morgan fingerprint density at radius 1 is 1.30 bits per heavy atom. The summed E-state index contributed by atoms with van der Waals surface area (Å²) in [6.07, 6.45) is 4.45. The van der Waals surface area contributed by atoms with Gasteiger partial charge in [0.15, 0.2) is 0 Å². The quantitative estimate of drug-likeness (QED) is 0.317. The zero-order valence-corrected chi connectivity index (χ0v) is 11.6. The van der Waals surface area contributed by atoms with Crippen LogP contribution in [0, 0.1) is 0 Å². The van der Waals surface area contributed by atoms with Gasteiger partial charge < -0.3 is 20.6 Å². The second kappa shape index (κ2) is 9.30. The van der Waals surface area contributed by atoms with E-state index in [2.05, 4.69) is 10.6 Å². The Bertz CT molecular complexity index is 334. The number of aliphatic hydroxyl groups is 1. The summed E-state index contributed by atoms with van der Waals surface area (Å²) in [4.78, 5) is 35.4. The molecule has 114 valence electrons. The van der Waals surface area contributed by atoms with Crippen LogP contribution in [0.4, 0.5) is 0 Å². The minimum absolute atomic E-state index is 0.0213. The average Bonchev–Trinajstić information content (AvgIpc) is 2.47. The lowest BCUT2D eigenvalue weighted by Gasteiger charge is -2.35. The third-order valence-corrected chi connectivity index (χ3v) is 3.41. The van der Waals surface area contributed by atoms with Crippen molar-refractivity contribution in [2.24, 2.45) is 0 Å². The first-order valence-corrected chi connectivity index (χ1v) is 7.07. The Labute approximate surface area is 118 Å². The minimum atomic E-state index is -0.610. The van der Waals surface area contributed by atoms with Crippen LogP contribution in [-0.2, 0) is 14.4 Å². The van der Waals surface area contributed by atoms with Crippen LogP contribution in [0.3, 0.4) is 0 Å². The van der Waals surface area contributed by atoms with Gasteiger partial charge in [-0.1, -0.05) is 0 Å². The molecule has 0 aromatic carbocycles. The molecular formula is C13H23N3O4. The molecule has 0 aromatic rings. The lowest BCUT2D eigenvalue weighted by Crippen LogP contribution is -2.50. The first-order valence-electron chi connectivity index (χ1n) is 7.07. The van der Waals surface area contributed by atoms with Crippen LogP contribution in [0.25, 0.3) is 0 Å². The summed E-state index contributed by atoms with van der Waals surface area (Å²) in [7, 11) is 0. The summed E-state index contributed by atoms with van der Waals surface area (Å²) in [5.74, 6) is -1.13. The molecule has 0 aliphatic carbocycles. The average molecular weight is 285 g/mol. The van der Waals surface area contributed by atoms with Crippen LogP contribution in [0.15, 0.2) is 0 Å². The van der Waals surface area contributed by atoms with E-state index in [-0.39, 0.29) is 12.6 Å². The smallest absolute Gasteiger partial charge is 0.312 e. The number of hydrogen-bond donors (Lipinski definition) is 3. The van der Waals surface area contributed by atoms with E-state index in [4.69, 9.17) is 5.11 Å². The number of piperidine rings is 1. The van der Waals surface area contributed by atoms with Gasteiger partial charge in [0.05, 0.1) is 0 Å². The van der Waals surface area contributed by atoms with Crippen LogP contribution in [-0.4, -0.2) is 60.5 Å². The molecule has 1 aliphatic heterocycles. The second-order valence-electron chi connectivity index (χ2n) is 4.84. The van der Waals surface area contributed by atoms with E-state index >= 15 is 0 Å². The van der Waals surface area contributed by atoms with Crippen molar-refractivity contribution in [2.75, 3.05) is 26.2 Å². The molecule has 1 atom stereocenters. The van der Waals surface area contributed by atoms with Crippen molar-refractivity contribution in [3.63, 3.8) is 0 Å². The van der Waals surface area contributed by atoms with Gasteiger partial charge in [-0.15, -0.1) is 0 Å². The molecule has 1 rings (SSSR count). The Balaban J connectivity index is 2.37. The number of nitrogens with zero attached hydrogens (tertiary/aromatic N) is 1. The van der Waals surface area contributed by atoms with Gasteiger partial charge in [0.25, 0.3) is 0 Å². The standard InChI is InChI=1S/C13H23N3O4/c17-9-5-11-4-1-2-8-16(11)13(20)12(19)15-7-3-6-14-10-18/h10-11,17H,1-9H2,(H,14,18)(H,15,19). The molecule has 0 aromatic heterocycles. The van der Waals surface area contributed by atoms with Crippen LogP contribution in [0.1, 0.15) is 32.1 Å². The number of hydrogen-bond acceptors (Lipinski definition) is 4. The van der Waals surface area contributed by atoms with Crippen LogP contribution in [0.5, 0.6) is 0 Å². The van der Waals surface area contributed by atoms with E-state index < -0.39 is 11.8 Å². The van der Waals surface area contributed by atoms with Crippen molar-refractivity contribution in [1.82, 2.24) is 15.5 Å². The highest BCUT2D eigenvalue weighted by molar-refractivity contribution is 6.35. The first kappa shape index (κ1) is 16.4. The van der Waals surface area contributed by atoms with Gasteiger partial charge in [-0.25, -0.2) is 0 Å². The molecule has 0 spiro atoms. The topological polar surface area (TPSA) is 98.7 Å². The Hall–Kier alpha value is -1.63. The van der Waals surface area contributed by atoms with Gasteiger partial charge in [-0.3, -0.25) is 14.4 Å². The molecule has 1 saturated heterocycles. The number of rotatable bonds is 7. The second-order valence-corrected chi connectivity index (χ2v) is 4.84. The zero-order valence-electron chi connectivity index (χ0n) is 11.6. The van der Waals surface area contributed by atoms with Gasteiger partial charge in [-0.2, -0.15) is 0 Å². The van der Waals surface area contributed by atoms with Gasteiger partial charge in [0.2, 0.25) is 6.41 Å². The van der Waals surface area contributed by atoms with Gasteiger partial charge in [0, 0.05) is 32.3 Å². The van der Waals surface area contributed by atoms with E-state index in [0.29, 0.717) is 38.9 Å². The first-order chi connectivity index (χ1) is 9.70. The maximum Gasteiger partial charge on any atom is 0.312 e. The summed E-state index contributed by atoms with van der Waals surface area (Å²) in [5, 5.41) is 14.0. The van der Waals surface area contributed by atoms with E-state index in [1.807, 2.05) is 0 Å². The van der Waals surface area contributed by atoms with E-state index in [1.165, 1.54) is 0 Å². The SMILES string of the molecule is O=CNCCCNC(=O)C(=O)N1CCCCC1CCO. The lowest BCUT2D eigenvalue weighted by molar-refractivity contribution is -0.148. The number of carbonyl (C=O) groups is 3. The van der Waals surface area contributed by atoms with Crippen molar-refractivity contribution >= 4 is 18.2 Å². The van der Waals surface area contributed by atoms with Crippen molar-refractivity contribution in [3.8, 4) is 0 Å². The highest BCUT2D eigenvalue weighted by Gasteiger charge is 2.29. The minimum Gasteiger partial charge on any atom is -0.396 e. The molecule has 7 heteroatoms. The molecule has 0 saturated carbocycles. The van der Waals surface area contributed by atoms with Crippen LogP contribution < -0.4 is 10.6 Å². The predicted molar refractivity (Wildman–Crippen MR) is 72.7 cm³/mol. The summed E-state index contributed by atoms with van der Waals surface area (Å²) >= 11 is 0. The highest BCUT2D eigenvalue weighted by Crippen LogP contribution is 2.19. The predicted octanol–water partition coefficient (Wildman–Crippen LogP) is -0.998. The maximum absolute atomic E-state index is 12.1. The third kappa shape index (κ3) is 5.16. The van der Waals surface area contributed by atoms with Crippen molar-refractivity contribution < 1.29 is 19.5 Å². The van der Waals surface area contributed by atoms with Gasteiger partial charge in [0.1, 0.15) is 0 Å². The third-order valence-electron chi connectivity index (χ3n) is 3.41. The van der Waals surface area contributed by atoms with Gasteiger partial charge in [-0.05, 0) is 32.1 Å². The molecule has 7 nitrogen and oxygen atoms in total. The lowest BCUT2D eigenvalue weighted by atomic mass is 9.99. The fourth-order valence-electron chi connectivity index (χ4n) is 2.37. The fraction of sp³-hybridized carbons (Fsp3) is 0.769. The fourth-order valence-corrected chi connectivity index (χ4v) is 2.37. The molecule has 1 aliphatic rings. The highest BCUT2D eigenvalue weighted by atomic mass is 16.3. The number of nitrogens with one attached hydrogen (secondary N) is 2. The summed E-state index contributed by atoms with van der Waals surface area (Å²) in [6.45, 7) is 1.41. The largest absolute Gasteiger partial charge is 0.396 e. The molecule has 3 N–H and O–H groups in total. The molecule has 1 heterocycles. The summed E-state index contributed by atoms with van der Waals surface area (Å²) in [6, 6.07) is -0.0382. The Morgan fingerprint density at radius 2 is 2.10 bits per heavy atom. The number of amides is 3. The van der Waals surface area contributed by atoms with E-state index in [9.17, 15) is 14.4 Å². The summed E-state index contributed by atoms with van der Waals surface area (Å²) in [5.41, 5.74) is 0. The normalized spacial score (nSPS) is 18.4. The molecule has 20 heavy (non-hydrogen) atoms. The maximum atomic E-state index is 12.1. The number of aliphatic hydroxyl groups excluding tert-OH is 1. The van der Waals surface area contributed by atoms with Crippen LogP contribution >= 0.6 is 0 Å². The van der Waals surface area contributed by atoms with Crippen molar-refractivity contribution in [3.05, 3.63) is 0 Å². The zero-order chi connectivity index (χ0) is 14.8. The molecule has 3 amide bonds. The molecular weight excluding hydrogens is 262 g/mol. The van der Waals surface area contributed by atoms with Crippen LogP contribution in [0.2, 0.25) is 0 Å². The van der Waals surface area contributed by atoms with E-state index in [1.54, 1.807) is 4.90 Å². The van der Waals surface area contributed by atoms with Crippen molar-refractivity contribution in [2.45, 2.75) is 38.1 Å². The molecule has 1 unspecified atom stereocenters. The molecule has 0 radical (unpaired) electrons. The Kier molecular flexibility index (Phi) is 7.64. The molecule has 1 fully saturated rings. The number of carbonyl (C=O) groups excluding carboxylic acids is 3. The summed E-state index contributed by atoms with van der Waals surface area (Å²) < 4.78 is 0. The van der Waals surface area contributed by atoms with E-state index in [0.717, 1.165) is 19.3 Å². The van der Waals surface area contributed by atoms with Crippen molar-refractivity contribution in [1.29, 1.82) is 0 Å². The Morgan fingerprint density at radius 3 is 2.80 bits per heavy atom.